The van der Waals surface area contributed by atoms with Crippen LogP contribution in [0.4, 0.5) is 0 Å². The van der Waals surface area contributed by atoms with Gasteiger partial charge in [-0.3, -0.25) is 4.79 Å². The smallest absolute Gasteiger partial charge is 0.205 e. The van der Waals surface area contributed by atoms with Crippen LogP contribution in [0, 0.1) is 6.92 Å². The molecule has 1 nitrogen and oxygen atoms in total. The summed E-state index contributed by atoms with van der Waals surface area (Å²) in [4.78, 5) is 14.2. The summed E-state index contributed by atoms with van der Waals surface area (Å²) in [6.07, 6.45) is 0. The van der Waals surface area contributed by atoms with Crippen LogP contribution in [0.2, 0.25) is 0 Å². The average Bonchev–Trinajstić information content (AvgIpc) is 2.57. The van der Waals surface area contributed by atoms with Crippen molar-refractivity contribution in [1.29, 1.82) is 0 Å². The molecule has 0 fully saturated rings. The molecule has 0 amide bonds. The van der Waals surface area contributed by atoms with Gasteiger partial charge in [0.05, 0.1) is 4.88 Å². The topological polar surface area (TPSA) is 17.1 Å². The SMILES string of the molecule is Cc1cc(Br)c(C(=O)c2ccc(Br)cc2Br)s1. The predicted octanol–water partition coefficient (Wildman–Crippen LogP) is 5.58. The zero-order valence-corrected chi connectivity index (χ0v) is 14.3. The summed E-state index contributed by atoms with van der Waals surface area (Å²) in [6, 6.07) is 7.52. The van der Waals surface area contributed by atoms with Crippen molar-refractivity contribution >= 4 is 64.9 Å². The fraction of sp³-hybridized carbons (Fsp3) is 0.0833. The Bertz CT molecular complexity index is 589. The summed E-state index contributed by atoms with van der Waals surface area (Å²) in [6.45, 7) is 1.99. The Balaban J connectivity index is 2.47. The van der Waals surface area contributed by atoms with Crippen LogP contribution >= 0.6 is 59.1 Å². The fourth-order valence-electron chi connectivity index (χ4n) is 1.43. The van der Waals surface area contributed by atoms with Crippen LogP contribution < -0.4 is 0 Å². The van der Waals surface area contributed by atoms with Crippen molar-refractivity contribution in [3.8, 4) is 0 Å². The molecule has 0 spiro atoms. The van der Waals surface area contributed by atoms with E-state index in [9.17, 15) is 4.79 Å². The number of carbonyl (C=O) groups is 1. The first-order chi connectivity index (χ1) is 7.99. The lowest BCUT2D eigenvalue weighted by atomic mass is 10.1. The third-order valence-electron chi connectivity index (χ3n) is 2.19. The van der Waals surface area contributed by atoms with Crippen LogP contribution in [-0.2, 0) is 0 Å². The van der Waals surface area contributed by atoms with Gasteiger partial charge in [0, 0.05) is 23.9 Å². The molecule has 0 aliphatic rings. The standard InChI is InChI=1S/C12H7Br3OS/c1-6-4-10(15)12(17-6)11(16)8-3-2-7(13)5-9(8)14/h2-5H,1H3. The molecular formula is C12H7Br3OS. The Labute approximate surface area is 129 Å². The van der Waals surface area contributed by atoms with Gasteiger partial charge >= 0.3 is 0 Å². The number of halogens is 3. The Morgan fingerprint density at radius 3 is 2.35 bits per heavy atom. The highest BCUT2D eigenvalue weighted by Gasteiger charge is 2.17. The average molecular weight is 439 g/mol. The van der Waals surface area contributed by atoms with Crippen LogP contribution in [0.3, 0.4) is 0 Å². The van der Waals surface area contributed by atoms with E-state index < -0.39 is 0 Å². The van der Waals surface area contributed by atoms with Crippen molar-refractivity contribution < 1.29 is 4.79 Å². The van der Waals surface area contributed by atoms with Crippen LogP contribution in [0.25, 0.3) is 0 Å². The van der Waals surface area contributed by atoms with Gasteiger partial charge in [0.1, 0.15) is 0 Å². The lowest BCUT2D eigenvalue weighted by Crippen LogP contribution is -2.00. The minimum atomic E-state index is 0.0364. The van der Waals surface area contributed by atoms with Crippen molar-refractivity contribution in [3.63, 3.8) is 0 Å². The molecular weight excluding hydrogens is 432 g/mol. The highest BCUT2D eigenvalue weighted by atomic mass is 79.9. The zero-order valence-electron chi connectivity index (χ0n) is 8.76. The highest BCUT2D eigenvalue weighted by molar-refractivity contribution is 9.11. The van der Waals surface area contributed by atoms with Crippen LogP contribution in [0.5, 0.6) is 0 Å². The molecule has 0 saturated carbocycles. The lowest BCUT2D eigenvalue weighted by molar-refractivity contribution is 0.104. The van der Waals surface area contributed by atoms with E-state index in [0.29, 0.717) is 5.56 Å². The lowest BCUT2D eigenvalue weighted by Gasteiger charge is -2.03. The maximum Gasteiger partial charge on any atom is 0.205 e. The number of hydrogen-bond donors (Lipinski definition) is 0. The van der Waals surface area contributed by atoms with Crippen molar-refractivity contribution in [3.05, 3.63) is 53.0 Å². The third-order valence-corrected chi connectivity index (χ3v) is 5.28. The molecule has 88 valence electrons. The van der Waals surface area contributed by atoms with Gasteiger partial charge in [-0.15, -0.1) is 11.3 Å². The second-order valence-corrected chi connectivity index (χ2v) is 7.37. The fourth-order valence-corrected chi connectivity index (χ4v) is 4.44. The van der Waals surface area contributed by atoms with E-state index in [-0.39, 0.29) is 5.78 Å². The summed E-state index contributed by atoms with van der Waals surface area (Å²) >= 11 is 11.7. The number of carbonyl (C=O) groups excluding carboxylic acids is 1. The molecule has 0 atom stereocenters. The Morgan fingerprint density at radius 1 is 1.12 bits per heavy atom. The molecule has 0 radical (unpaired) electrons. The summed E-state index contributed by atoms with van der Waals surface area (Å²) in [5.74, 6) is 0.0364. The molecule has 0 unspecified atom stereocenters. The van der Waals surface area contributed by atoms with Crippen LogP contribution in [0.15, 0.2) is 37.7 Å². The van der Waals surface area contributed by atoms with Gasteiger partial charge in [-0.1, -0.05) is 15.9 Å². The van der Waals surface area contributed by atoms with Gasteiger partial charge in [-0.25, -0.2) is 0 Å². The number of benzene rings is 1. The number of ketones is 1. The van der Waals surface area contributed by atoms with Crippen LogP contribution in [-0.4, -0.2) is 5.78 Å². The summed E-state index contributed by atoms with van der Waals surface area (Å²) < 4.78 is 2.61. The van der Waals surface area contributed by atoms with Gasteiger partial charge in [0.15, 0.2) is 0 Å². The Kier molecular flexibility index (Phi) is 4.23. The van der Waals surface area contributed by atoms with Gasteiger partial charge in [-0.2, -0.15) is 0 Å². The second-order valence-electron chi connectivity index (χ2n) is 3.49. The van der Waals surface area contributed by atoms with E-state index in [4.69, 9.17) is 0 Å². The van der Waals surface area contributed by atoms with Gasteiger partial charge in [0.2, 0.25) is 5.78 Å². The molecule has 0 saturated heterocycles. The molecule has 1 aromatic carbocycles. The van der Waals surface area contributed by atoms with Gasteiger partial charge < -0.3 is 0 Å². The van der Waals surface area contributed by atoms with E-state index in [1.54, 1.807) is 0 Å². The van der Waals surface area contributed by atoms with Gasteiger partial charge in [0.25, 0.3) is 0 Å². The van der Waals surface area contributed by atoms with Crippen molar-refractivity contribution in [1.82, 2.24) is 0 Å². The first-order valence-electron chi connectivity index (χ1n) is 4.74. The molecule has 1 aromatic heterocycles. The molecule has 5 heteroatoms. The van der Waals surface area contributed by atoms with Crippen molar-refractivity contribution in [2.45, 2.75) is 6.92 Å². The molecule has 0 aliphatic carbocycles. The predicted molar refractivity (Wildman–Crippen MR) is 82.0 cm³/mol. The van der Waals surface area contributed by atoms with Crippen LogP contribution in [0.1, 0.15) is 20.1 Å². The minimum Gasteiger partial charge on any atom is -0.288 e. The number of hydrogen-bond acceptors (Lipinski definition) is 2. The summed E-state index contributed by atoms with van der Waals surface area (Å²) in [5.41, 5.74) is 0.677. The highest BCUT2D eigenvalue weighted by Crippen LogP contribution is 2.31. The minimum absolute atomic E-state index is 0.0364. The number of thiophene rings is 1. The van der Waals surface area contributed by atoms with E-state index in [1.807, 2.05) is 31.2 Å². The third kappa shape index (κ3) is 2.89. The Morgan fingerprint density at radius 2 is 1.82 bits per heavy atom. The summed E-state index contributed by atoms with van der Waals surface area (Å²) in [7, 11) is 0. The van der Waals surface area contributed by atoms with E-state index in [2.05, 4.69) is 47.8 Å². The molecule has 2 aromatic rings. The maximum atomic E-state index is 12.3. The quantitative estimate of drug-likeness (QED) is 0.560. The normalized spacial score (nSPS) is 10.6. The number of rotatable bonds is 2. The zero-order chi connectivity index (χ0) is 12.6. The van der Waals surface area contributed by atoms with E-state index >= 15 is 0 Å². The molecule has 17 heavy (non-hydrogen) atoms. The molecule has 0 aliphatic heterocycles. The monoisotopic (exact) mass is 436 g/mol. The first kappa shape index (κ1) is 13.5. The second kappa shape index (κ2) is 5.34. The molecule has 1 heterocycles. The maximum absolute atomic E-state index is 12.3. The van der Waals surface area contributed by atoms with E-state index in [0.717, 1.165) is 23.2 Å². The van der Waals surface area contributed by atoms with Crippen molar-refractivity contribution in [2.75, 3.05) is 0 Å². The first-order valence-corrected chi connectivity index (χ1v) is 7.94. The molecule has 0 N–H and O–H groups in total. The molecule has 0 bridgehead atoms. The summed E-state index contributed by atoms with van der Waals surface area (Å²) in [5, 5.41) is 0. The van der Waals surface area contributed by atoms with Crippen molar-refractivity contribution in [2.24, 2.45) is 0 Å². The Hall–Kier alpha value is 0.0300. The number of aryl methyl sites for hydroxylation is 1. The molecule has 2 rings (SSSR count). The van der Waals surface area contributed by atoms with Gasteiger partial charge in [-0.05, 0) is 63.0 Å². The largest absolute Gasteiger partial charge is 0.288 e. The van der Waals surface area contributed by atoms with E-state index in [1.165, 1.54) is 11.3 Å².